The van der Waals surface area contributed by atoms with Gasteiger partial charge in [0.1, 0.15) is 6.04 Å². The molecular weight excluding hydrogens is 400 g/mol. The third kappa shape index (κ3) is 3.23. The van der Waals surface area contributed by atoms with Gasteiger partial charge in [0.05, 0.1) is 0 Å². The van der Waals surface area contributed by atoms with Gasteiger partial charge in [-0.15, -0.1) is 0 Å². The van der Waals surface area contributed by atoms with Gasteiger partial charge < -0.3 is 5.32 Å². The third-order valence-electron chi connectivity index (χ3n) is 5.22. The molecule has 0 spiro atoms. The van der Waals surface area contributed by atoms with E-state index >= 15 is 0 Å². The highest BCUT2D eigenvalue weighted by Crippen LogP contribution is 2.43. The molecule has 2 aromatic carbocycles. The molecule has 0 aliphatic carbocycles. The molecular formula is C20H20BrClN2O. The molecule has 1 amide bonds. The van der Waals surface area contributed by atoms with Gasteiger partial charge in [-0.25, -0.2) is 0 Å². The number of hydrogen-bond acceptors (Lipinski definition) is 2. The Morgan fingerprint density at radius 1 is 1.04 bits per heavy atom. The van der Waals surface area contributed by atoms with Gasteiger partial charge in [-0.05, 0) is 61.3 Å². The van der Waals surface area contributed by atoms with Gasteiger partial charge in [0, 0.05) is 21.1 Å². The quantitative estimate of drug-likeness (QED) is 0.739. The zero-order valence-electron chi connectivity index (χ0n) is 13.8. The minimum Gasteiger partial charge on any atom is -0.324 e. The van der Waals surface area contributed by atoms with Crippen molar-refractivity contribution < 1.29 is 4.79 Å². The van der Waals surface area contributed by atoms with Gasteiger partial charge in [0.15, 0.2) is 0 Å². The highest BCUT2D eigenvalue weighted by Gasteiger charge is 2.41. The standard InChI is InChI=1S/C20H20BrClN2O/c21-13-8-9-17-15(12-13)18(14-6-2-3-7-16(14)22)19(20(25)23-17)24-10-4-1-5-11-24/h2-3,6-9,12,18-19H,1,4-5,10-11H2,(H,23,25)/t18-,19+/m1/s1. The first-order valence-electron chi connectivity index (χ1n) is 8.74. The van der Waals surface area contributed by atoms with Gasteiger partial charge in [-0.3, -0.25) is 9.69 Å². The van der Waals surface area contributed by atoms with E-state index in [1.165, 1.54) is 6.42 Å². The van der Waals surface area contributed by atoms with Crippen LogP contribution in [0.1, 0.15) is 36.3 Å². The van der Waals surface area contributed by atoms with Crippen molar-refractivity contribution in [1.82, 2.24) is 4.90 Å². The van der Waals surface area contributed by atoms with E-state index in [4.69, 9.17) is 11.6 Å². The van der Waals surface area contributed by atoms with Crippen molar-refractivity contribution >= 4 is 39.1 Å². The number of hydrogen-bond donors (Lipinski definition) is 1. The van der Waals surface area contributed by atoms with E-state index in [9.17, 15) is 4.79 Å². The normalized spacial score (nSPS) is 23.8. The van der Waals surface area contributed by atoms with E-state index in [0.717, 1.165) is 52.2 Å². The van der Waals surface area contributed by atoms with Crippen LogP contribution in [0.25, 0.3) is 0 Å². The lowest BCUT2D eigenvalue weighted by atomic mass is 9.80. The summed E-state index contributed by atoms with van der Waals surface area (Å²) in [7, 11) is 0. The van der Waals surface area contributed by atoms with Gasteiger partial charge >= 0.3 is 0 Å². The molecule has 2 aliphatic rings. The van der Waals surface area contributed by atoms with Crippen LogP contribution >= 0.6 is 27.5 Å². The minimum atomic E-state index is -0.220. The Labute approximate surface area is 161 Å². The number of nitrogens with one attached hydrogen (secondary N) is 1. The Morgan fingerprint density at radius 2 is 1.80 bits per heavy atom. The van der Waals surface area contributed by atoms with E-state index in [1.807, 2.05) is 36.4 Å². The van der Waals surface area contributed by atoms with Crippen LogP contribution in [0.4, 0.5) is 5.69 Å². The first-order valence-corrected chi connectivity index (χ1v) is 9.91. The number of benzene rings is 2. The first kappa shape index (κ1) is 17.1. The summed E-state index contributed by atoms with van der Waals surface area (Å²) in [5.41, 5.74) is 3.03. The Bertz CT molecular complexity index is 804. The number of piperidine rings is 1. The van der Waals surface area contributed by atoms with E-state index in [1.54, 1.807) is 0 Å². The number of nitrogens with zero attached hydrogens (tertiary/aromatic N) is 1. The lowest BCUT2D eigenvalue weighted by Crippen LogP contribution is -2.52. The molecule has 5 heteroatoms. The molecule has 1 N–H and O–H groups in total. The molecule has 2 atom stereocenters. The predicted octanol–water partition coefficient (Wildman–Crippen LogP) is 5.04. The summed E-state index contributed by atoms with van der Waals surface area (Å²) in [5, 5.41) is 3.83. The van der Waals surface area contributed by atoms with Gasteiger partial charge in [0.2, 0.25) is 5.91 Å². The molecule has 0 radical (unpaired) electrons. The number of halogens is 2. The van der Waals surface area contributed by atoms with Crippen LogP contribution in [0.2, 0.25) is 5.02 Å². The Kier molecular flexibility index (Phi) is 4.85. The van der Waals surface area contributed by atoms with Gasteiger partial charge in [0.25, 0.3) is 0 Å². The second-order valence-corrected chi connectivity index (χ2v) is 8.08. The molecule has 2 aliphatic heterocycles. The summed E-state index contributed by atoms with van der Waals surface area (Å²) in [6.45, 7) is 1.92. The average Bonchev–Trinajstić information content (AvgIpc) is 2.62. The van der Waals surface area contributed by atoms with Crippen molar-refractivity contribution in [2.75, 3.05) is 18.4 Å². The summed E-state index contributed by atoms with van der Waals surface area (Å²) in [6, 6.07) is 13.7. The monoisotopic (exact) mass is 418 g/mol. The van der Waals surface area contributed by atoms with Crippen molar-refractivity contribution in [1.29, 1.82) is 0 Å². The zero-order valence-corrected chi connectivity index (χ0v) is 16.2. The lowest BCUT2D eigenvalue weighted by Gasteiger charge is -2.42. The molecule has 0 bridgehead atoms. The van der Waals surface area contributed by atoms with Gasteiger partial charge in [-0.2, -0.15) is 0 Å². The maximum atomic E-state index is 13.0. The highest BCUT2D eigenvalue weighted by atomic mass is 79.9. The fourth-order valence-corrected chi connectivity index (χ4v) is 4.70. The maximum absolute atomic E-state index is 13.0. The van der Waals surface area contributed by atoms with Crippen LogP contribution in [-0.2, 0) is 4.79 Å². The molecule has 2 heterocycles. The lowest BCUT2D eigenvalue weighted by molar-refractivity contribution is -0.122. The highest BCUT2D eigenvalue weighted by molar-refractivity contribution is 9.10. The van der Waals surface area contributed by atoms with Crippen LogP contribution in [0, 0.1) is 0 Å². The maximum Gasteiger partial charge on any atom is 0.242 e. The summed E-state index contributed by atoms with van der Waals surface area (Å²) in [6.07, 6.45) is 3.53. The fraction of sp³-hybridized carbons (Fsp3) is 0.350. The van der Waals surface area contributed by atoms with E-state index in [0.29, 0.717) is 0 Å². The van der Waals surface area contributed by atoms with Crippen LogP contribution in [0.5, 0.6) is 0 Å². The summed E-state index contributed by atoms with van der Waals surface area (Å²) >= 11 is 10.1. The van der Waals surface area contributed by atoms with Crippen molar-refractivity contribution in [2.45, 2.75) is 31.2 Å². The largest absolute Gasteiger partial charge is 0.324 e. The molecule has 130 valence electrons. The number of likely N-dealkylation sites (tertiary alicyclic amines) is 1. The second-order valence-electron chi connectivity index (χ2n) is 6.76. The number of rotatable bonds is 2. The number of anilines is 1. The average molecular weight is 420 g/mol. The van der Waals surface area contributed by atoms with Crippen molar-refractivity contribution in [3.63, 3.8) is 0 Å². The van der Waals surface area contributed by atoms with Crippen LogP contribution < -0.4 is 5.32 Å². The zero-order chi connectivity index (χ0) is 17.4. The van der Waals surface area contributed by atoms with Crippen LogP contribution in [-0.4, -0.2) is 29.9 Å². The molecule has 1 saturated heterocycles. The van der Waals surface area contributed by atoms with E-state index < -0.39 is 0 Å². The SMILES string of the molecule is O=C1Nc2ccc(Br)cc2[C@@H](c2ccccc2Cl)[C@@H]1N1CCCCC1. The molecule has 25 heavy (non-hydrogen) atoms. The summed E-state index contributed by atoms with van der Waals surface area (Å²) in [4.78, 5) is 15.4. The number of amides is 1. The first-order chi connectivity index (χ1) is 12.1. The number of fused-ring (bicyclic) bond motifs is 1. The van der Waals surface area contributed by atoms with Crippen molar-refractivity contribution in [3.05, 3.63) is 63.1 Å². The molecule has 3 nitrogen and oxygen atoms in total. The van der Waals surface area contributed by atoms with E-state index in [2.05, 4.69) is 32.2 Å². The smallest absolute Gasteiger partial charge is 0.242 e. The Hall–Kier alpha value is -1.36. The van der Waals surface area contributed by atoms with E-state index in [-0.39, 0.29) is 17.9 Å². The van der Waals surface area contributed by atoms with Gasteiger partial charge in [-0.1, -0.05) is 52.2 Å². The third-order valence-corrected chi connectivity index (χ3v) is 6.05. The molecule has 0 saturated carbocycles. The fourth-order valence-electron chi connectivity index (χ4n) is 4.07. The predicted molar refractivity (Wildman–Crippen MR) is 105 cm³/mol. The molecule has 2 aromatic rings. The van der Waals surface area contributed by atoms with Crippen molar-refractivity contribution in [3.8, 4) is 0 Å². The summed E-state index contributed by atoms with van der Waals surface area (Å²) < 4.78 is 1.01. The molecule has 1 fully saturated rings. The molecule has 4 rings (SSSR count). The number of carbonyl (C=O) groups excluding carboxylic acids is 1. The molecule has 0 unspecified atom stereocenters. The summed E-state index contributed by atoms with van der Waals surface area (Å²) in [5.74, 6) is 0.00897. The minimum absolute atomic E-state index is 0.0620. The van der Waals surface area contributed by atoms with Crippen LogP contribution in [0.3, 0.4) is 0 Å². The Balaban J connectivity index is 1.87. The number of carbonyl (C=O) groups is 1. The van der Waals surface area contributed by atoms with Crippen molar-refractivity contribution in [2.24, 2.45) is 0 Å². The second kappa shape index (κ2) is 7.10. The molecule has 0 aromatic heterocycles. The van der Waals surface area contributed by atoms with Crippen LogP contribution in [0.15, 0.2) is 46.9 Å². The Morgan fingerprint density at radius 3 is 2.56 bits per heavy atom. The topological polar surface area (TPSA) is 32.3 Å².